The van der Waals surface area contributed by atoms with Crippen molar-refractivity contribution in [3.05, 3.63) is 23.8 Å². The topological polar surface area (TPSA) is 91.4 Å². The largest absolute Gasteiger partial charge is 0.397 e. The van der Waals surface area contributed by atoms with Crippen molar-refractivity contribution in [3.63, 3.8) is 0 Å². The highest BCUT2D eigenvalue weighted by Crippen LogP contribution is 2.28. The van der Waals surface area contributed by atoms with Crippen LogP contribution in [0.5, 0.6) is 0 Å². The molecule has 3 N–H and O–H groups in total. The highest BCUT2D eigenvalue weighted by molar-refractivity contribution is 5.68. The van der Waals surface area contributed by atoms with Crippen LogP contribution in [-0.4, -0.2) is 29.2 Å². The van der Waals surface area contributed by atoms with Crippen LogP contribution in [0.25, 0.3) is 0 Å². The number of nitrogens with two attached hydrogens (primary N) is 1. The van der Waals surface area contributed by atoms with Gasteiger partial charge in [0.25, 0.3) is 0 Å². The average molecular weight is 330 g/mol. The minimum absolute atomic E-state index is 0.109. The van der Waals surface area contributed by atoms with Crippen molar-refractivity contribution in [2.45, 2.75) is 64.1 Å². The summed E-state index contributed by atoms with van der Waals surface area (Å²) in [7, 11) is 0. The number of anilines is 2. The normalized spacial score (nSPS) is 20.9. The highest BCUT2D eigenvalue weighted by Gasteiger charge is 2.28. The van der Waals surface area contributed by atoms with Gasteiger partial charge in [0, 0.05) is 6.04 Å². The predicted molar refractivity (Wildman–Crippen MR) is 94.0 cm³/mol. The molecular weight excluding hydrogens is 304 g/mol. The average Bonchev–Trinajstić information content (AvgIpc) is 2.54. The maximum absolute atomic E-state index is 11.3. The molecule has 1 aliphatic carbocycles. The summed E-state index contributed by atoms with van der Waals surface area (Å²) in [6.07, 6.45) is 4.40. The first kappa shape index (κ1) is 18.1. The Balaban J connectivity index is 1.91. The van der Waals surface area contributed by atoms with Gasteiger partial charge in [-0.2, -0.15) is 5.26 Å². The van der Waals surface area contributed by atoms with Crippen LogP contribution in [0, 0.1) is 11.3 Å². The van der Waals surface area contributed by atoms with Crippen LogP contribution in [0.15, 0.2) is 18.2 Å². The molecule has 0 spiro atoms. The molecule has 1 aliphatic rings. The highest BCUT2D eigenvalue weighted by atomic mass is 16.7. The Morgan fingerprint density at radius 2 is 2.00 bits per heavy atom. The standard InChI is InChI=1S/C18H26N4O2/c1-18(2,3)24-22(12-23)15-7-5-14(6-8-15)21-17-9-4-13(11-19)10-16(17)20/h4,9-10,12,14-15,21H,5-8,20H2,1-3H3. The predicted octanol–water partition coefficient (Wildman–Crippen LogP) is 3.05. The van der Waals surface area contributed by atoms with Crippen LogP contribution in [0.4, 0.5) is 11.4 Å². The molecule has 0 saturated heterocycles. The van der Waals surface area contributed by atoms with Crippen molar-refractivity contribution in [1.29, 1.82) is 5.26 Å². The molecule has 0 radical (unpaired) electrons. The maximum Gasteiger partial charge on any atom is 0.233 e. The number of carbonyl (C=O) groups excluding carboxylic acids is 1. The van der Waals surface area contributed by atoms with Crippen LogP contribution >= 0.6 is 0 Å². The fourth-order valence-corrected chi connectivity index (χ4v) is 2.96. The summed E-state index contributed by atoms with van der Waals surface area (Å²) < 4.78 is 0. The van der Waals surface area contributed by atoms with E-state index in [1.807, 2.05) is 26.8 Å². The van der Waals surface area contributed by atoms with E-state index in [9.17, 15) is 4.79 Å². The smallest absolute Gasteiger partial charge is 0.233 e. The Kier molecular flexibility index (Phi) is 5.68. The van der Waals surface area contributed by atoms with E-state index in [1.165, 1.54) is 5.06 Å². The molecule has 6 heteroatoms. The summed E-state index contributed by atoms with van der Waals surface area (Å²) in [5, 5.41) is 13.8. The molecule has 1 saturated carbocycles. The minimum atomic E-state index is -0.382. The van der Waals surface area contributed by atoms with Gasteiger partial charge in [0.1, 0.15) is 0 Å². The van der Waals surface area contributed by atoms with Crippen molar-refractivity contribution >= 4 is 17.8 Å². The number of hydrogen-bond donors (Lipinski definition) is 2. The first-order valence-corrected chi connectivity index (χ1v) is 8.31. The third-order valence-corrected chi connectivity index (χ3v) is 4.08. The van der Waals surface area contributed by atoms with Crippen molar-refractivity contribution in [2.75, 3.05) is 11.1 Å². The number of hydroxylamine groups is 2. The molecular formula is C18H26N4O2. The zero-order valence-corrected chi connectivity index (χ0v) is 14.6. The number of rotatable bonds is 5. The lowest BCUT2D eigenvalue weighted by Gasteiger charge is -2.37. The summed E-state index contributed by atoms with van der Waals surface area (Å²) >= 11 is 0. The monoisotopic (exact) mass is 330 g/mol. The van der Waals surface area contributed by atoms with E-state index in [1.54, 1.807) is 12.1 Å². The molecule has 0 heterocycles. The second kappa shape index (κ2) is 7.54. The number of hydrogen-bond acceptors (Lipinski definition) is 5. The fraction of sp³-hybridized carbons (Fsp3) is 0.556. The molecule has 24 heavy (non-hydrogen) atoms. The van der Waals surface area contributed by atoms with Crippen LogP contribution in [0.2, 0.25) is 0 Å². The first-order valence-electron chi connectivity index (χ1n) is 8.31. The number of nitriles is 1. The zero-order valence-electron chi connectivity index (χ0n) is 14.6. The van der Waals surface area contributed by atoms with Crippen molar-refractivity contribution in [2.24, 2.45) is 0 Å². The summed E-state index contributed by atoms with van der Waals surface area (Å²) in [4.78, 5) is 17.0. The van der Waals surface area contributed by atoms with Gasteiger partial charge in [-0.15, -0.1) is 0 Å². The van der Waals surface area contributed by atoms with Gasteiger partial charge in [0.2, 0.25) is 6.41 Å². The van der Waals surface area contributed by atoms with E-state index in [-0.39, 0.29) is 11.6 Å². The maximum atomic E-state index is 11.3. The third-order valence-electron chi connectivity index (χ3n) is 4.08. The lowest BCUT2D eigenvalue weighted by molar-refractivity contribution is -0.235. The van der Waals surface area contributed by atoms with Gasteiger partial charge in [-0.3, -0.25) is 9.63 Å². The fourth-order valence-electron chi connectivity index (χ4n) is 2.96. The van der Waals surface area contributed by atoms with Gasteiger partial charge in [-0.05, 0) is 64.7 Å². The first-order chi connectivity index (χ1) is 11.3. The zero-order chi connectivity index (χ0) is 17.7. The van der Waals surface area contributed by atoms with Gasteiger partial charge >= 0.3 is 0 Å². The molecule has 1 amide bonds. The van der Waals surface area contributed by atoms with Gasteiger partial charge in [0.05, 0.1) is 34.7 Å². The number of nitrogens with one attached hydrogen (secondary N) is 1. The van der Waals surface area contributed by atoms with Crippen LogP contribution < -0.4 is 11.1 Å². The Bertz CT molecular complexity index is 610. The second-order valence-corrected chi connectivity index (χ2v) is 7.23. The number of nitrogens with zero attached hydrogens (tertiary/aromatic N) is 2. The SMILES string of the molecule is CC(C)(C)ON(C=O)C1CCC(Nc2ccc(C#N)cc2N)CC1. The van der Waals surface area contributed by atoms with Crippen LogP contribution in [-0.2, 0) is 9.63 Å². The van der Waals surface area contributed by atoms with Gasteiger partial charge in [-0.1, -0.05) is 0 Å². The van der Waals surface area contributed by atoms with Gasteiger partial charge in [0.15, 0.2) is 0 Å². The molecule has 6 nitrogen and oxygen atoms in total. The molecule has 1 aromatic rings. The molecule has 0 aromatic heterocycles. The number of carbonyl (C=O) groups is 1. The molecule has 0 atom stereocenters. The molecule has 130 valence electrons. The van der Waals surface area contributed by atoms with Crippen LogP contribution in [0.1, 0.15) is 52.0 Å². The van der Waals surface area contributed by atoms with Crippen LogP contribution in [0.3, 0.4) is 0 Å². The molecule has 0 unspecified atom stereocenters. The van der Waals surface area contributed by atoms with E-state index >= 15 is 0 Å². The van der Waals surface area contributed by atoms with Crippen molar-refractivity contribution in [3.8, 4) is 6.07 Å². The summed E-state index contributed by atoms with van der Waals surface area (Å²) in [5.41, 5.74) is 7.61. The molecule has 2 rings (SSSR count). The molecule has 0 aliphatic heterocycles. The Morgan fingerprint density at radius 3 is 2.50 bits per heavy atom. The Morgan fingerprint density at radius 1 is 1.33 bits per heavy atom. The Labute approximate surface area is 143 Å². The number of benzene rings is 1. The Hall–Kier alpha value is -2.26. The summed E-state index contributed by atoms with van der Waals surface area (Å²) in [5.74, 6) is 0. The molecule has 0 bridgehead atoms. The van der Waals surface area contributed by atoms with Crippen molar-refractivity contribution in [1.82, 2.24) is 5.06 Å². The van der Waals surface area contributed by atoms with Gasteiger partial charge < -0.3 is 11.1 Å². The third kappa shape index (κ3) is 4.87. The molecule has 1 aromatic carbocycles. The van der Waals surface area contributed by atoms with E-state index in [2.05, 4.69) is 11.4 Å². The summed E-state index contributed by atoms with van der Waals surface area (Å²) in [6.45, 7) is 5.80. The van der Waals surface area contributed by atoms with Gasteiger partial charge in [-0.25, -0.2) is 5.06 Å². The quantitative estimate of drug-likeness (QED) is 0.492. The number of amides is 1. The lowest BCUT2D eigenvalue weighted by atomic mass is 9.91. The van der Waals surface area contributed by atoms with E-state index < -0.39 is 0 Å². The van der Waals surface area contributed by atoms with E-state index in [0.717, 1.165) is 37.8 Å². The lowest BCUT2D eigenvalue weighted by Crippen LogP contribution is -2.43. The minimum Gasteiger partial charge on any atom is -0.397 e. The summed E-state index contributed by atoms with van der Waals surface area (Å²) in [6, 6.07) is 7.78. The van der Waals surface area contributed by atoms with E-state index in [0.29, 0.717) is 17.3 Å². The van der Waals surface area contributed by atoms with E-state index in [4.69, 9.17) is 15.8 Å². The van der Waals surface area contributed by atoms with Crippen molar-refractivity contribution < 1.29 is 9.63 Å². The number of nitrogen functional groups attached to an aromatic ring is 1. The molecule has 1 fully saturated rings. The second-order valence-electron chi connectivity index (χ2n) is 7.23.